The van der Waals surface area contributed by atoms with Crippen LogP contribution in [-0.2, 0) is 19.1 Å². The first-order chi connectivity index (χ1) is 12.0. The van der Waals surface area contributed by atoms with Crippen LogP contribution < -0.4 is 0 Å². The molecule has 2 rings (SSSR count). The number of rotatable bonds is 6. The van der Waals surface area contributed by atoms with Crippen molar-refractivity contribution >= 4 is 29.5 Å². The molecule has 7 heteroatoms. The summed E-state index contributed by atoms with van der Waals surface area (Å²) in [7, 11) is 0. The SMILES string of the molecule is CCOC(=O)C1CCCN(C(=O)C2CSCN2C(=O)C(CC)CC)C1. The summed E-state index contributed by atoms with van der Waals surface area (Å²) in [4.78, 5) is 41.2. The fourth-order valence-electron chi connectivity index (χ4n) is 3.58. The Morgan fingerprint density at radius 2 is 1.92 bits per heavy atom. The smallest absolute Gasteiger partial charge is 0.310 e. The molecule has 0 radical (unpaired) electrons. The topological polar surface area (TPSA) is 66.9 Å². The molecule has 6 nitrogen and oxygen atoms in total. The van der Waals surface area contributed by atoms with Crippen LogP contribution in [-0.4, -0.2) is 65.0 Å². The van der Waals surface area contributed by atoms with Crippen LogP contribution in [0.15, 0.2) is 0 Å². The van der Waals surface area contributed by atoms with Gasteiger partial charge in [0.1, 0.15) is 6.04 Å². The number of carbonyl (C=O) groups is 3. The molecule has 2 unspecified atom stereocenters. The number of likely N-dealkylation sites (tertiary alicyclic amines) is 1. The van der Waals surface area contributed by atoms with Crippen molar-refractivity contribution in [3.63, 3.8) is 0 Å². The van der Waals surface area contributed by atoms with Crippen LogP contribution in [0.25, 0.3) is 0 Å². The molecule has 0 aromatic heterocycles. The van der Waals surface area contributed by atoms with Gasteiger partial charge in [-0.3, -0.25) is 14.4 Å². The molecule has 2 aliphatic heterocycles. The van der Waals surface area contributed by atoms with Gasteiger partial charge >= 0.3 is 5.97 Å². The minimum absolute atomic E-state index is 0.0114. The summed E-state index contributed by atoms with van der Waals surface area (Å²) < 4.78 is 5.11. The van der Waals surface area contributed by atoms with Gasteiger partial charge in [-0.2, -0.15) is 0 Å². The van der Waals surface area contributed by atoms with E-state index in [2.05, 4.69) is 0 Å². The van der Waals surface area contributed by atoms with Crippen molar-refractivity contribution < 1.29 is 19.1 Å². The van der Waals surface area contributed by atoms with E-state index in [0.717, 1.165) is 25.7 Å². The van der Waals surface area contributed by atoms with Gasteiger partial charge in [0.25, 0.3) is 0 Å². The Hall–Kier alpha value is -1.24. The Morgan fingerprint density at radius 1 is 1.20 bits per heavy atom. The molecule has 2 atom stereocenters. The fourth-order valence-corrected chi connectivity index (χ4v) is 4.73. The number of hydrogen-bond acceptors (Lipinski definition) is 5. The van der Waals surface area contributed by atoms with Crippen molar-refractivity contribution in [2.24, 2.45) is 11.8 Å². The van der Waals surface area contributed by atoms with Gasteiger partial charge < -0.3 is 14.5 Å². The van der Waals surface area contributed by atoms with Crippen LogP contribution in [0.2, 0.25) is 0 Å². The van der Waals surface area contributed by atoms with Gasteiger partial charge in [0.05, 0.1) is 18.4 Å². The molecule has 142 valence electrons. The molecule has 2 fully saturated rings. The van der Waals surface area contributed by atoms with Crippen molar-refractivity contribution in [2.75, 3.05) is 31.3 Å². The number of piperidine rings is 1. The number of esters is 1. The van der Waals surface area contributed by atoms with E-state index in [9.17, 15) is 14.4 Å². The lowest BCUT2D eigenvalue weighted by Crippen LogP contribution is -2.53. The molecule has 2 saturated heterocycles. The zero-order valence-electron chi connectivity index (χ0n) is 15.5. The summed E-state index contributed by atoms with van der Waals surface area (Å²) in [5.74, 6) is 0.834. The van der Waals surface area contributed by atoms with Gasteiger partial charge in [0.15, 0.2) is 0 Å². The highest BCUT2D eigenvalue weighted by molar-refractivity contribution is 7.99. The molecular formula is C18H30N2O4S. The second kappa shape index (κ2) is 9.46. The predicted molar refractivity (Wildman–Crippen MR) is 98.0 cm³/mol. The average molecular weight is 371 g/mol. The number of carbonyl (C=O) groups excluding carboxylic acids is 3. The summed E-state index contributed by atoms with van der Waals surface area (Å²) >= 11 is 1.63. The number of amides is 2. The number of ether oxygens (including phenoxy) is 1. The lowest BCUT2D eigenvalue weighted by Gasteiger charge is -2.35. The zero-order chi connectivity index (χ0) is 18.4. The summed E-state index contributed by atoms with van der Waals surface area (Å²) in [6.07, 6.45) is 3.16. The lowest BCUT2D eigenvalue weighted by atomic mass is 9.97. The summed E-state index contributed by atoms with van der Waals surface area (Å²) in [5.41, 5.74) is 0. The second-order valence-electron chi connectivity index (χ2n) is 6.71. The van der Waals surface area contributed by atoms with Gasteiger partial charge in [0, 0.05) is 24.8 Å². The van der Waals surface area contributed by atoms with Gasteiger partial charge in [-0.25, -0.2) is 0 Å². The van der Waals surface area contributed by atoms with E-state index >= 15 is 0 Å². The van der Waals surface area contributed by atoms with Gasteiger partial charge in [-0.1, -0.05) is 13.8 Å². The maximum absolute atomic E-state index is 13.0. The number of hydrogen-bond donors (Lipinski definition) is 0. The van der Waals surface area contributed by atoms with Gasteiger partial charge in [-0.05, 0) is 32.6 Å². The Bertz CT molecular complexity index is 495. The fraction of sp³-hybridized carbons (Fsp3) is 0.833. The van der Waals surface area contributed by atoms with E-state index in [-0.39, 0.29) is 35.7 Å². The minimum Gasteiger partial charge on any atom is -0.466 e. The largest absolute Gasteiger partial charge is 0.466 e. The first-order valence-electron chi connectivity index (χ1n) is 9.37. The van der Waals surface area contributed by atoms with E-state index in [1.54, 1.807) is 28.5 Å². The maximum atomic E-state index is 13.0. The van der Waals surface area contributed by atoms with Crippen molar-refractivity contribution in [1.82, 2.24) is 9.80 Å². The molecule has 0 N–H and O–H groups in total. The van der Waals surface area contributed by atoms with Crippen LogP contribution in [0.3, 0.4) is 0 Å². The van der Waals surface area contributed by atoms with E-state index in [1.807, 2.05) is 13.8 Å². The zero-order valence-corrected chi connectivity index (χ0v) is 16.3. The van der Waals surface area contributed by atoms with Crippen LogP contribution >= 0.6 is 11.8 Å². The Morgan fingerprint density at radius 3 is 2.56 bits per heavy atom. The third-order valence-electron chi connectivity index (χ3n) is 5.14. The Kier molecular flexibility index (Phi) is 7.59. The average Bonchev–Trinajstić information content (AvgIpc) is 3.12. The van der Waals surface area contributed by atoms with Crippen molar-refractivity contribution in [1.29, 1.82) is 0 Å². The highest BCUT2D eigenvalue weighted by atomic mass is 32.2. The second-order valence-corrected chi connectivity index (χ2v) is 7.71. The molecule has 0 saturated carbocycles. The Labute approximate surface area is 154 Å². The highest BCUT2D eigenvalue weighted by Gasteiger charge is 2.40. The first kappa shape index (κ1) is 20.1. The molecule has 0 spiro atoms. The van der Waals surface area contributed by atoms with Crippen molar-refractivity contribution in [2.45, 2.75) is 52.5 Å². The van der Waals surface area contributed by atoms with Crippen molar-refractivity contribution in [3.8, 4) is 0 Å². The van der Waals surface area contributed by atoms with Crippen LogP contribution in [0.5, 0.6) is 0 Å². The third-order valence-corrected chi connectivity index (χ3v) is 6.15. The maximum Gasteiger partial charge on any atom is 0.310 e. The number of nitrogens with zero attached hydrogens (tertiary/aromatic N) is 2. The quantitative estimate of drug-likeness (QED) is 0.670. The molecule has 0 aromatic carbocycles. The van der Waals surface area contributed by atoms with Crippen molar-refractivity contribution in [3.05, 3.63) is 0 Å². The third kappa shape index (κ3) is 4.68. The van der Waals surface area contributed by atoms with E-state index in [1.165, 1.54) is 0 Å². The van der Waals surface area contributed by atoms with Crippen LogP contribution in [0.1, 0.15) is 46.5 Å². The van der Waals surface area contributed by atoms with E-state index in [4.69, 9.17) is 4.74 Å². The van der Waals surface area contributed by atoms with Crippen LogP contribution in [0, 0.1) is 11.8 Å². The first-order valence-corrected chi connectivity index (χ1v) is 10.5. The lowest BCUT2D eigenvalue weighted by molar-refractivity contribution is -0.153. The van der Waals surface area contributed by atoms with Gasteiger partial charge in [-0.15, -0.1) is 11.8 Å². The molecule has 0 aromatic rings. The van der Waals surface area contributed by atoms with Crippen LogP contribution in [0.4, 0.5) is 0 Å². The predicted octanol–water partition coefficient (Wildman–Crippen LogP) is 2.13. The summed E-state index contributed by atoms with van der Waals surface area (Å²) in [6, 6.07) is -0.390. The summed E-state index contributed by atoms with van der Waals surface area (Å²) in [6.45, 7) is 7.25. The molecule has 2 heterocycles. The normalized spacial score (nSPS) is 23.8. The Balaban J connectivity index is 2.03. The van der Waals surface area contributed by atoms with E-state index < -0.39 is 0 Å². The standard InChI is InChI=1S/C18H30N2O4S/c1-4-13(5-2)16(21)20-12-25-11-15(20)17(22)19-9-7-8-14(10-19)18(23)24-6-3/h13-15H,4-12H2,1-3H3. The molecule has 2 amide bonds. The summed E-state index contributed by atoms with van der Waals surface area (Å²) in [5, 5.41) is 0. The molecule has 0 bridgehead atoms. The minimum atomic E-state index is -0.390. The van der Waals surface area contributed by atoms with Gasteiger partial charge in [0.2, 0.25) is 11.8 Å². The molecule has 25 heavy (non-hydrogen) atoms. The van der Waals surface area contributed by atoms with E-state index in [0.29, 0.717) is 31.3 Å². The molecule has 0 aliphatic carbocycles. The monoisotopic (exact) mass is 370 g/mol. The highest BCUT2D eigenvalue weighted by Crippen LogP contribution is 2.28. The molecule has 2 aliphatic rings. The number of thioether (sulfide) groups is 1. The molecular weight excluding hydrogens is 340 g/mol.